The maximum absolute atomic E-state index is 12.2. The van der Waals surface area contributed by atoms with Crippen molar-refractivity contribution < 1.29 is 19.4 Å². The SMILES string of the molecule is Cc1ccc(CC(=O)N2CC(C(=O)O)O[C@H](C)C2)cc1. The molecule has 1 aromatic carbocycles. The quantitative estimate of drug-likeness (QED) is 0.902. The van der Waals surface area contributed by atoms with Crippen LogP contribution in [0.2, 0.25) is 0 Å². The molecule has 5 nitrogen and oxygen atoms in total. The van der Waals surface area contributed by atoms with Gasteiger partial charge in [-0.1, -0.05) is 29.8 Å². The molecule has 1 aromatic rings. The number of aryl methyl sites for hydroxylation is 1. The van der Waals surface area contributed by atoms with Crippen LogP contribution in [-0.2, 0) is 20.7 Å². The van der Waals surface area contributed by atoms with Crippen molar-refractivity contribution in [3.05, 3.63) is 35.4 Å². The number of carboxylic acids is 1. The fourth-order valence-electron chi connectivity index (χ4n) is 2.28. The number of carbonyl (C=O) groups is 2. The van der Waals surface area contributed by atoms with Gasteiger partial charge in [0.1, 0.15) is 0 Å². The van der Waals surface area contributed by atoms with Gasteiger partial charge in [0.2, 0.25) is 5.91 Å². The highest BCUT2D eigenvalue weighted by Gasteiger charge is 2.32. The van der Waals surface area contributed by atoms with Crippen LogP contribution in [-0.4, -0.2) is 47.2 Å². The molecule has 1 N–H and O–H groups in total. The van der Waals surface area contributed by atoms with E-state index < -0.39 is 12.1 Å². The van der Waals surface area contributed by atoms with Gasteiger partial charge in [-0.05, 0) is 19.4 Å². The van der Waals surface area contributed by atoms with E-state index in [0.717, 1.165) is 11.1 Å². The summed E-state index contributed by atoms with van der Waals surface area (Å²) >= 11 is 0. The second-order valence-electron chi connectivity index (χ2n) is 5.23. The molecule has 20 heavy (non-hydrogen) atoms. The lowest BCUT2D eigenvalue weighted by Crippen LogP contribution is -2.52. The van der Waals surface area contributed by atoms with Gasteiger partial charge in [0, 0.05) is 6.54 Å². The van der Waals surface area contributed by atoms with Crippen LogP contribution in [0.1, 0.15) is 18.1 Å². The number of amides is 1. The molecule has 2 atom stereocenters. The number of hydrogen-bond donors (Lipinski definition) is 1. The van der Waals surface area contributed by atoms with Crippen LogP contribution >= 0.6 is 0 Å². The third-order valence-corrected chi connectivity index (χ3v) is 3.36. The minimum atomic E-state index is -1.02. The normalized spacial score (nSPS) is 22.6. The molecule has 1 amide bonds. The van der Waals surface area contributed by atoms with E-state index in [1.165, 1.54) is 0 Å². The summed E-state index contributed by atoms with van der Waals surface area (Å²) in [6.07, 6.45) is -0.896. The van der Waals surface area contributed by atoms with Crippen molar-refractivity contribution in [2.75, 3.05) is 13.1 Å². The van der Waals surface area contributed by atoms with Gasteiger partial charge in [-0.25, -0.2) is 4.79 Å². The molecule has 0 bridgehead atoms. The second kappa shape index (κ2) is 6.05. The number of carbonyl (C=O) groups excluding carboxylic acids is 1. The van der Waals surface area contributed by atoms with Crippen molar-refractivity contribution in [3.8, 4) is 0 Å². The first kappa shape index (κ1) is 14.5. The summed E-state index contributed by atoms with van der Waals surface area (Å²) in [4.78, 5) is 24.8. The van der Waals surface area contributed by atoms with E-state index in [1.54, 1.807) is 11.8 Å². The standard InChI is InChI=1S/C15H19NO4/c1-10-3-5-12(6-4-10)7-14(17)16-8-11(2)20-13(9-16)15(18)19/h3-6,11,13H,7-9H2,1-2H3,(H,18,19)/t11-,13?/m1/s1. The van der Waals surface area contributed by atoms with Crippen LogP contribution in [0.4, 0.5) is 0 Å². The molecule has 1 heterocycles. The molecule has 2 rings (SSSR count). The summed E-state index contributed by atoms with van der Waals surface area (Å²) in [7, 11) is 0. The summed E-state index contributed by atoms with van der Waals surface area (Å²) in [6, 6.07) is 7.77. The Hall–Kier alpha value is -1.88. The van der Waals surface area contributed by atoms with Crippen LogP contribution in [0.5, 0.6) is 0 Å². The van der Waals surface area contributed by atoms with Gasteiger partial charge in [0.15, 0.2) is 6.10 Å². The number of benzene rings is 1. The Morgan fingerprint density at radius 1 is 1.30 bits per heavy atom. The van der Waals surface area contributed by atoms with Crippen LogP contribution in [0.15, 0.2) is 24.3 Å². The Kier molecular flexibility index (Phi) is 4.39. The van der Waals surface area contributed by atoms with E-state index in [0.29, 0.717) is 13.0 Å². The lowest BCUT2D eigenvalue weighted by Gasteiger charge is -2.35. The van der Waals surface area contributed by atoms with Crippen LogP contribution in [0, 0.1) is 6.92 Å². The van der Waals surface area contributed by atoms with Gasteiger partial charge >= 0.3 is 5.97 Å². The molecule has 1 fully saturated rings. The van der Waals surface area contributed by atoms with Gasteiger partial charge in [-0.2, -0.15) is 0 Å². The molecular weight excluding hydrogens is 258 g/mol. The van der Waals surface area contributed by atoms with Crippen molar-refractivity contribution in [1.82, 2.24) is 4.90 Å². The molecule has 1 aliphatic rings. The van der Waals surface area contributed by atoms with Crippen molar-refractivity contribution in [2.24, 2.45) is 0 Å². The lowest BCUT2D eigenvalue weighted by molar-refractivity contribution is -0.166. The Bertz CT molecular complexity index is 497. The Labute approximate surface area is 118 Å². The molecule has 0 radical (unpaired) electrons. The van der Waals surface area contributed by atoms with Gasteiger partial charge in [0.25, 0.3) is 0 Å². The molecule has 0 saturated carbocycles. The first-order valence-corrected chi connectivity index (χ1v) is 6.67. The number of morpholine rings is 1. The topological polar surface area (TPSA) is 66.8 Å². The van der Waals surface area contributed by atoms with Crippen molar-refractivity contribution in [3.63, 3.8) is 0 Å². The molecule has 1 unspecified atom stereocenters. The highest BCUT2D eigenvalue weighted by atomic mass is 16.5. The highest BCUT2D eigenvalue weighted by molar-refractivity contribution is 5.80. The zero-order chi connectivity index (χ0) is 14.7. The van der Waals surface area contributed by atoms with Crippen molar-refractivity contribution in [1.29, 1.82) is 0 Å². The number of nitrogens with zero attached hydrogens (tertiary/aromatic N) is 1. The number of rotatable bonds is 3. The summed E-state index contributed by atoms with van der Waals surface area (Å²) in [5.41, 5.74) is 2.08. The molecule has 5 heteroatoms. The average molecular weight is 277 g/mol. The smallest absolute Gasteiger partial charge is 0.334 e. The van der Waals surface area contributed by atoms with Gasteiger partial charge < -0.3 is 14.7 Å². The fraction of sp³-hybridized carbons (Fsp3) is 0.467. The Morgan fingerprint density at radius 2 is 1.95 bits per heavy atom. The van der Waals surface area contributed by atoms with Gasteiger partial charge in [0.05, 0.1) is 19.1 Å². The molecule has 1 aliphatic heterocycles. The van der Waals surface area contributed by atoms with E-state index in [-0.39, 0.29) is 18.6 Å². The average Bonchev–Trinajstić information content (AvgIpc) is 2.40. The predicted molar refractivity (Wildman–Crippen MR) is 73.4 cm³/mol. The minimum Gasteiger partial charge on any atom is -0.479 e. The first-order chi connectivity index (χ1) is 9.45. The minimum absolute atomic E-state index is 0.0600. The Balaban J connectivity index is 2.01. The fourth-order valence-corrected chi connectivity index (χ4v) is 2.28. The summed E-state index contributed by atoms with van der Waals surface area (Å²) in [5, 5.41) is 9.01. The second-order valence-corrected chi connectivity index (χ2v) is 5.23. The largest absolute Gasteiger partial charge is 0.479 e. The molecule has 0 aliphatic carbocycles. The number of aliphatic carboxylic acids is 1. The molecule has 0 aromatic heterocycles. The van der Waals surface area contributed by atoms with E-state index in [1.807, 2.05) is 31.2 Å². The Morgan fingerprint density at radius 3 is 2.55 bits per heavy atom. The monoisotopic (exact) mass is 277 g/mol. The van der Waals surface area contributed by atoms with E-state index in [4.69, 9.17) is 9.84 Å². The zero-order valence-corrected chi connectivity index (χ0v) is 11.7. The van der Waals surface area contributed by atoms with Crippen molar-refractivity contribution >= 4 is 11.9 Å². The van der Waals surface area contributed by atoms with E-state index in [9.17, 15) is 9.59 Å². The number of carboxylic acid groups (broad SMARTS) is 1. The molecule has 0 spiro atoms. The molecule has 1 saturated heterocycles. The predicted octanol–water partition coefficient (Wildman–Crippen LogP) is 1.24. The summed E-state index contributed by atoms with van der Waals surface area (Å²) < 4.78 is 5.30. The maximum Gasteiger partial charge on any atom is 0.334 e. The highest BCUT2D eigenvalue weighted by Crippen LogP contribution is 2.13. The third-order valence-electron chi connectivity index (χ3n) is 3.36. The van der Waals surface area contributed by atoms with E-state index >= 15 is 0 Å². The maximum atomic E-state index is 12.2. The summed E-state index contributed by atoms with van der Waals surface area (Å²) in [5.74, 6) is -1.08. The third kappa shape index (κ3) is 3.57. The van der Waals surface area contributed by atoms with Gasteiger partial charge in [-0.3, -0.25) is 4.79 Å². The van der Waals surface area contributed by atoms with Gasteiger partial charge in [-0.15, -0.1) is 0 Å². The summed E-state index contributed by atoms with van der Waals surface area (Å²) in [6.45, 7) is 4.33. The van der Waals surface area contributed by atoms with Crippen LogP contribution < -0.4 is 0 Å². The first-order valence-electron chi connectivity index (χ1n) is 6.67. The van der Waals surface area contributed by atoms with Crippen molar-refractivity contribution in [2.45, 2.75) is 32.5 Å². The number of hydrogen-bond acceptors (Lipinski definition) is 3. The van der Waals surface area contributed by atoms with E-state index in [2.05, 4.69) is 0 Å². The molecule has 108 valence electrons. The number of ether oxygens (including phenoxy) is 1. The lowest BCUT2D eigenvalue weighted by atomic mass is 10.1. The van der Waals surface area contributed by atoms with Crippen LogP contribution in [0.25, 0.3) is 0 Å². The van der Waals surface area contributed by atoms with Crippen LogP contribution in [0.3, 0.4) is 0 Å². The molecular formula is C15H19NO4. The zero-order valence-electron chi connectivity index (χ0n) is 11.7.